The molecule has 34 heavy (non-hydrogen) atoms. The van der Waals surface area contributed by atoms with Crippen LogP contribution in [-0.4, -0.2) is 36.7 Å². The number of para-hydroxylation sites is 3. The third kappa shape index (κ3) is 6.03. The van der Waals surface area contributed by atoms with Gasteiger partial charge >= 0.3 is 0 Å². The molecule has 0 bridgehead atoms. The average Bonchev–Trinajstić information content (AvgIpc) is 2.82. The van der Waals surface area contributed by atoms with Gasteiger partial charge in [-0.15, -0.1) is 0 Å². The Morgan fingerprint density at radius 3 is 2.24 bits per heavy atom. The molecule has 1 aromatic heterocycles. The molecule has 4 rings (SSSR count). The molecule has 8 nitrogen and oxygen atoms in total. The van der Waals surface area contributed by atoms with Gasteiger partial charge in [-0.25, -0.2) is 18.4 Å². The van der Waals surface area contributed by atoms with Gasteiger partial charge in [0.05, 0.1) is 22.5 Å². The number of rotatable bonds is 9. The van der Waals surface area contributed by atoms with Crippen LogP contribution in [0.25, 0.3) is 11.0 Å². The summed E-state index contributed by atoms with van der Waals surface area (Å²) in [6, 6.07) is 22.6. The van der Waals surface area contributed by atoms with E-state index in [2.05, 4.69) is 20.0 Å². The molecule has 0 atom stereocenters. The molecule has 0 spiro atoms. The van der Waals surface area contributed by atoms with Crippen molar-refractivity contribution in [3.05, 3.63) is 78.9 Å². The number of hydrogen-bond acceptors (Lipinski definition) is 7. The highest BCUT2D eigenvalue weighted by Gasteiger charge is 2.19. The average molecular weight is 495 g/mol. The van der Waals surface area contributed by atoms with E-state index in [-0.39, 0.29) is 16.6 Å². The summed E-state index contributed by atoms with van der Waals surface area (Å²) in [5.41, 5.74) is 1.74. The van der Waals surface area contributed by atoms with Gasteiger partial charge in [0.2, 0.25) is 5.91 Å². The summed E-state index contributed by atoms with van der Waals surface area (Å²) >= 11 is 1.35. The third-order valence-electron chi connectivity index (χ3n) is 4.59. The van der Waals surface area contributed by atoms with Crippen molar-refractivity contribution < 1.29 is 17.9 Å². The zero-order valence-electron chi connectivity index (χ0n) is 18.3. The Balaban J connectivity index is 1.54. The van der Waals surface area contributed by atoms with Gasteiger partial charge < -0.3 is 10.1 Å². The number of sulfonamides is 1. The lowest BCUT2D eigenvalue weighted by Gasteiger charge is -2.13. The van der Waals surface area contributed by atoms with Gasteiger partial charge in [0.1, 0.15) is 10.8 Å². The predicted molar refractivity (Wildman–Crippen MR) is 134 cm³/mol. The van der Waals surface area contributed by atoms with E-state index in [0.29, 0.717) is 34.1 Å². The number of hydrogen-bond donors (Lipinski definition) is 2. The van der Waals surface area contributed by atoms with E-state index in [1.807, 2.05) is 48.5 Å². The van der Waals surface area contributed by atoms with E-state index in [1.54, 1.807) is 6.07 Å². The molecule has 4 aromatic rings. The van der Waals surface area contributed by atoms with Crippen molar-refractivity contribution in [1.82, 2.24) is 9.97 Å². The molecule has 1 heterocycles. The Bertz CT molecular complexity index is 1400. The van der Waals surface area contributed by atoms with Crippen LogP contribution in [-0.2, 0) is 14.8 Å². The first kappa shape index (κ1) is 23.5. The van der Waals surface area contributed by atoms with Gasteiger partial charge in [-0.3, -0.25) is 9.52 Å². The van der Waals surface area contributed by atoms with E-state index in [0.717, 1.165) is 5.75 Å². The van der Waals surface area contributed by atoms with Crippen molar-refractivity contribution in [2.75, 3.05) is 22.4 Å². The summed E-state index contributed by atoms with van der Waals surface area (Å²) in [7, 11) is -3.93. The molecule has 174 valence electrons. The molecule has 10 heteroatoms. The second kappa shape index (κ2) is 10.5. The fraction of sp³-hybridized carbons (Fsp3) is 0.125. The first-order valence-electron chi connectivity index (χ1n) is 10.4. The van der Waals surface area contributed by atoms with Crippen molar-refractivity contribution in [3.8, 4) is 5.75 Å². The summed E-state index contributed by atoms with van der Waals surface area (Å²) in [6.45, 7) is 1.80. The molecule has 1 amide bonds. The van der Waals surface area contributed by atoms with Gasteiger partial charge in [-0.2, -0.15) is 0 Å². The zero-order chi connectivity index (χ0) is 24.0. The first-order chi connectivity index (χ1) is 16.4. The maximum Gasteiger partial charge on any atom is 0.263 e. The Morgan fingerprint density at radius 1 is 0.912 bits per heavy atom. The van der Waals surface area contributed by atoms with Crippen LogP contribution in [0.2, 0.25) is 0 Å². The smallest absolute Gasteiger partial charge is 0.263 e. The molecule has 0 fully saturated rings. The maximum atomic E-state index is 13.0. The van der Waals surface area contributed by atoms with Crippen LogP contribution in [0.1, 0.15) is 6.92 Å². The second-order valence-corrected chi connectivity index (χ2v) is 9.95. The summed E-state index contributed by atoms with van der Waals surface area (Å²) in [5, 5.41) is 3.06. The lowest BCUT2D eigenvalue weighted by Crippen LogP contribution is -2.16. The molecule has 0 aliphatic rings. The molecule has 0 unspecified atom stereocenters. The number of aromatic nitrogens is 2. The molecule has 0 saturated carbocycles. The predicted octanol–water partition coefficient (Wildman–Crippen LogP) is 4.56. The van der Waals surface area contributed by atoms with Crippen molar-refractivity contribution in [2.45, 2.75) is 16.8 Å². The third-order valence-corrected chi connectivity index (χ3v) is 6.87. The van der Waals surface area contributed by atoms with Crippen molar-refractivity contribution >= 4 is 50.2 Å². The van der Waals surface area contributed by atoms with Gasteiger partial charge in [-0.05, 0) is 48.5 Å². The fourth-order valence-corrected chi connectivity index (χ4v) is 4.90. The number of carbonyl (C=O) groups is 1. The molecule has 0 aliphatic carbocycles. The van der Waals surface area contributed by atoms with Crippen LogP contribution < -0.4 is 14.8 Å². The molecule has 0 saturated heterocycles. The minimum absolute atomic E-state index is 0.0416. The van der Waals surface area contributed by atoms with E-state index in [9.17, 15) is 13.2 Å². The highest BCUT2D eigenvalue weighted by molar-refractivity contribution is 7.99. The molecule has 2 N–H and O–H groups in total. The number of nitrogens with one attached hydrogen (secondary N) is 2. The number of carbonyl (C=O) groups excluding carboxylic acids is 1. The van der Waals surface area contributed by atoms with Crippen LogP contribution in [0, 0.1) is 0 Å². The molecular weight excluding hydrogens is 472 g/mol. The minimum Gasteiger partial charge on any atom is -0.493 e. The van der Waals surface area contributed by atoms with E-state index in [4.69, 9.17) is 4.74 Å². The molecule has 0 aliphatic heterocycles. The Labute approximate surface area is 201 Å². The van der Waals surface area contributed by atoms with Crippen LogP contribution in [0.4, 0.5) is 11.5 Å². The summed E-state index contributed by atoms with van der Waals surface area (Å²) in [5.74, 6) is 1.21. The van der Waals surface area contributed by atoms with Crippen LogP contribution in [0.15, 0.2) is 88.8 Å². The lowest BCUT2D eigenvalue weighted by atomic mass is 10.3. The Hall–Kier alpha value is -3.63. The monoisotopic (exact) mass is 494 g/mol. The van der Waals surface area contributed by atoms with Crippen molar-refractivity contribution in [2.24, 2.45) is 0 Å². The maximum absolute atomic E-state index is 13.0. The van der Waals surface area contributed by atoms with Crippen molar-refractivity contribution in [1.29, 1.82) is 0 Å². The summed E-state index contributed by atoms with van der Waals surface area (Å²) in [6.07, 6.45) is 0. The van der Waals surface area contributed by atoms with E-state index >= 15 is 0 Å². The van der Waals surface area contributed by atoms with Crippen LogP contribution in [0.3, 0.4) is 0 Å². The number of anilines is 2. The van der Waals surface area contributed by atoms with E-state index < -0.39 is 10.0 Å². The number of fused-ring (bicyclic) bond motifs is 1. The zero-order valence-corrected chi connectivity index (χ0v) is 19.9. The van der Waals surface area contributed by atoms with Gasteiger partial charge in [0.15, 0.2) is 5.82 Å². The van der Waals surface area contributed by atoms with E-state index in [1.165, 1.54) is 43.0 Å². The Kier molecular flexibility index (Phi) is 7.29. The largest absolute Gasteiger partial charge is 0.493 e. The Morgan fingerprint density at radius 2 is 1.56 bits per heavy atom. The quantitative estimate of drug-likeness (QED) is 0.259. The first-order valence-corrected chi connectivity index (χ1v) is 12.9. The fourth-order valence-electron chi connectivity index (χ4n) is 3.07. The number of amides is 1. The summed E-state index contributed by atoms with van der Waals surface area (Å²) in [4.78, 5) is 20.4. The summed E-state index contributed by atoms with van der Waals surface area (Å²) < 4.78 is 34.4. The van der Waals surface area contributed by atoms with Gasteiger partial charge in [0, 0.05) is 18.4 Å². The van der Waals surface area contributed by atoms with Crippen LogP contribution >= 0.6 is 11.8 Å². The van der Waals surface area contributed by atoms with Crippen LogP contribution in [0.5, 0.6) is 5.75 Å². The van der Waals surface area contributed by atoms with Crippen molar-refractivity contribution in [3.63, 3.8) is 0 Å². The highest BCUT2D eigenvalue weighted by atomic mass is 32.2. The normalized spacial score (nSPS) is 11.2. The molecule has 0 radical (unpaired) electrons. The SMILES string of the molecule is CC(=O)Nc1ccc(S(=O)(=O)Nc2nc3ccccc3nc2SCCOc2ccccc2)cc1. The lowest BCUT2D eigenvalue weighted by molar-refractivity contribution is -0.114. The van der Waals surface area contributed by atoms with Gasteiger partial charge in [-0.1, -0.05) is 42.1 Å². The standard InChI is InChI=1S/C24H22N4O4S2/c1-17(29)25-18-11-13-20(14-12-18)34(30,31)28-23-24(27-22-10-6-5-9-21(22)26-23)33-16-15-32-19-7-3-2-4-8-19/h2-14H,15-16H2,1H3,(H,25,29)(H,26,28). The highest BCUT2D eigenvalue weighted by Crippen LogP contribution is 2.28. The number of nitrogens with zero attached hydrogens (tertiary/aromatic N) is 2. The number of ether oxygens (including phenoxy) is 1. The molecule has 3 aromatic carbocycles. The number of benzene rings is 3. The second-order valence-electron chi connectivity index (χ2n) is 7.19. The number of thioether (sulfide) groups is 1. The minimum atomic E-state index is -3.93. The molecular formula is C24H22N4O4S2. The van der Waals surface area contributed by atoms with Gasteiger partial charge in [0.25, 0.3) is 10.0 Å². The topological polar surface area (TPSA) is 110 Å².